The fourth-order valence-electron chi connectivity index (χ4n) is 0.708. The van der Waals surface area contributed by atoms with Crippen LogP contribution >= 0.6 is 12.2 Å². The number of carbonyl (C=O) groups excluding carboxylic acids is 1. The van der Waals surface area contributed by atoms with Crippen LogP contribution in [0.2, 0.25) is 0 Å². The monoisotopic (exact) mass is 173 g/mol. The molecule has 0 N–H and O–H groups in total. The molecule has 1 unspecified atom stereocenters. The van der Waals surface area contributed by atoms with Crippen molar-refractivity contribution in [2.24, 2.45) is 4.99 Å². The molecule has 0 rings (SSSR count). The number of carbonyl (C=O) groups is 1. The number of hydrogen-bond donors (Lipinski definition) is 0. The van der Waals surface area contributed by atoms with E-state index in [9.17, 15) is 4.79 Å². The van der Waals surface area contributed by atoms with E-state index in [0.29, 0.717) is 6.42 Å². The van der Waals surface area contributed by atoms with Crippen LogP contribution in [0.15, 0.2) is 4.99 Å². The Morgan fingerprint density at radius 3 is 2.82 bits per heavy atom. The molecule has 0 bridgehead atoms. The van der Waals surface area contributed by atoms with Crippen LogP contribution < -0.4 is 0 Å². The summed E-state index contributed by atoms with van der Waals surface area (Å²) in [6.45, 7) is 1.97. The molecular weight excluding hydrogens is 162 g/mol. The van der Waals surface area contributed by atoms with Gasteiger partial charge >= 0.3 is 5.97 Å². The molecular formula is C7H11NO2S. The number of methoxy groups -OCH3 is 1. The summed E-state index contributed by atoms with van der Waals surface area (Å²) < 4.78 is 4.50. The smallest absolute Gasteiger partial charge is 0.331 e. The predicted octanol–water partition coefficient (Wildman–Crippen LogP) is 1.43. The second-order valence-electron chi connectivity index (χ2n) is 2.05. The van der Waals surface area contributed by atoms with Crippen LogP contribution in [-0.4, -0.2) is 24.3 Å². The lowest BCUT2D eigenvalue weighted by Crippen LogP contribution is -2.19. The predicted molar refractivity (Wildman–Crippen MR) is 45.7 cm³/mol. The van der Waals surface area contributed by atoms with Gasteiger partial charge in [0.25, 0.3) is 0 Å². The van der Waals surface area contributed by atoms with Gasteiger partial charge in [0, 0.05) is 0 Å². The molecule has 11 heavy (non-hydrogen) atoms. The lowest BCUT2D eigenvalue weighted by atomic mass is 10.2. The fraction of sp³-hybridized carbons (Fsp3) is 0.714. The number of aliphatic imine (C=N–C) groups is 1. The summed E-state index contributed by atoms with van der Waals surface area (Å²) in [5.41, 5.74) is 0. The summed E-state index contributed by atoms with van der Waals surface area (Å²) in [5, 5.41) is 2.18. The zero-order valence-electron chi connectivity index (χ0n) is 6.66. The van der Waals surface area contributed by atoms with Gasteiger partial charge < -0.3 is 4.74 Å². The first-order valence-electron chi connectivity index (χ1n) is 3.41. The number of rotatable bonds is 4. The normalized spacial score (nSPS) is 11.5. The van der Waals surface area contributed by atoms with Crippen LogP contribution in [-0.2, 0) is 9.53 Å². The zero-order valence-corrected chi connectivity index (χ0v) is 7.48. The quantitative estimate of drug-likeness (QED) is 0.367. The third-order valence-corrected chi connectivity index (χ3v) is 1.35. The fourth-order valence-corrected chi connectivity index (χ4v) is 0.835. The van der Waals surface area contributed by atoms with Gasteiger partial charge in [-0.25, -0.2) is 9.79 Å². The Bertz CT molecular complexity index is 175. The molecule has 0 saturated heterocycles. The Morgan fingerprint density at radius 2 is 2.45 bits per heavy atom. The highest BCUT2D eigenvalue weighted by molar-refractivity contribution is 7.78. The molecule has 1 atom stereocenters. The first-order chi connectivity index (χ1) is 5.26. The average molecular weight is 173 g/mol. The summed E-state index contributed by atoms with van der Waals surface area (Å²) in [5.74, 6) is -0.343. The molecule has 0 aromatic carbocycles. The topological polar surface area (TPSA) is 38.7 Å². The molecule has 4 heteroatoms. The van der Waals surface area contributed by atoms with Gasteiger partial charge in [0.1, 0.15) is 0 Å². The van der Waals surface area contributed by atoms with Crippen molar-refractivity contribution < 1.29 is 9.53 Å². The van der Waals surface area contributed by atoms with Crippen LogP contribution in [0.3, 0.4) is 0 Å². The maximum absolute atomic E-state index is 10.9. The van der Waals surface area contributed by atoms with Crippen molar-refractivity contribution in [3.8, 4) is 0 Å². The van der Waals surface area contributed by atoms with E-state index in [0.717, 1.165) is 6.42 Å². The standard InChI is InChI=1S/C7H11NO2S/c1-3-4-6(8-5-11)7(9)10-2/h6H,3-4H2,1-2H3. The minimum Gasteiger partial charge on any atom is -0.467 e. The number of nitrogens with zero attached hydrogens (tertiary/aromatic N) is 1. The summed E-state index contributed by atoms with van der Waals surface area (Å²) in [4.78, 5) is 14.6. The maximum Gasteiger partial charge on any atom is 0.331 e. The Kier molecular flexibility index (Phi) is 5.61. The molecule has 0 aromatic rings. The minimum absolute atomic E-state index is 0.343. The van der Waals surface area contributed by atoms with Crippen molar-refractivity contribution in [3.05, 3.63) is 0 Å². The first kappa shape index (κ1) is 10.3. The van der Waals surface area contributed by atoms with Gasteiger partial charge in [0.15, 0.2) is 6.04 Å². The minimum atomic E-state index is -0.456. The van der Waals surface area contributed by atoms with Gasteiger partial charge in [-0.3, -0.25) is 0 Å². The third-order valence-electron chi connectivity index (χ3n) is 1.24. The second-order valence-corrected chi connectivity index (χ2v) is 2.23. The molecule has 0 saturated carbocycles. The van der Waals surface area contributed by atoms with E-state index in [-0.39, 0.29) is 5.97 Å². The molecule has 0 aliphatic rings. The van der Waals surface area contributed by atoms with Crippen LogP contribution in [0.25, 0.3) is 0 Å². The van der Waals surface area contributed by atoms with E-state index in [1.165, 1.54) is 7.11 Å². The molecule has 0 aliphatic carbocycles. The van der Waals surface area contributed by atoms with E-state index in [4.69, 9.17) is 0 Å². The SMILES string of the molecule is CCCC(N=C=S)C(=O)OC. The zero-order chi connectivity index (χ0) is 8.69. The number of hydrogen-bond acceptors (Lipinski definition) is 4. The third kappa shape index (κ3) is 3.86. The van der Waals surface area contributed by atoms with E-state index >= 15 is 0 Å². The molecule has 0 amide bonds. The largest absolute Gasteiger partial charge is 0.467 e. The van der Waals surface area contributed by atoms with Gasteiger partial charge in [-0.2, -0.15) is 0 Å². The Labute approximate surface area is 71.5 Å². The lowest BCUT2D eigenvalue weighted by Gasteiger charge is -2.05. The van der Waals surface area contributed by atoms with Gasteiger partial charge in [-0.1, -0.05) is 13.3 Å². The Balaban J connectivity index is 4.08. The molecule has 3 nitrogen and oxygen atoms in total. The molecule has 0 fully saturated rings. The van der Waals surface area contributed by atoms with Crippen molar-refractivity contribution in [3.63, 3.8) is 0 Å². The van der Waals surface area contributed by atoms with Crippen LogP contribution in [0.1, 0.15) is 19.8 Å². The van der Waals surface area contributed by atoms with Crippen LogP contribution in [0, 0.1) is 0 Å². The van der Waals surface area contributed by atoms with Crippen molar-refractivity contribution in [1.29, 1.82) is 0 Å². The van der Waals surface area contributed by atoms with E-state index in [2.05, 4.69) is 27.1 Å². The molecule has 0 heterocycles. The van der Waals surface area contributed by atoms with Crippen molar-refractivity contribution in [2.75, 3.05) is 7.11 Å². The van der Waals surface area contributed by atoms with Crippen molar-refractivity contribution in [1.82, 2.24) is 0 Å². The lowest BCUT2D eigenvalue weighted by molar-refractivity contribution is -0.142. The average Bonchev–Trinajstić information content (AvgIpc) is 2.03. The summed E-state index contributed by atoms with van der Waals surface area (Å²) in [7, 11) is 1.34. The number of thiocarbonyl (C=S) groups is 1. The van der Waals surface area contributed by atoms with Gasteiger partial charge in [0.05, 0.1) is 12.3 Å². The molecule has 0 spiro atoms. The van der Waals surface area contributed by atoms with Gasteiger partial charge in [0.2, 0.25) is 0 Å². The molecule has 0 aliphatic heterocycles. The van der Waals surface area contributed by atoms with E-state index in [1.54, 1.807) is 0 Å². The van der Waals surface area contributed by atoms with E-state index in [1.807, 2.05) is 6.92 Å². The highest BCUT2D eigenvalue weighted by Gasteiger charge is 2.15. The van der Waals surface area contributed by atoms with Crippen LogP contribution in [0.4, 0.5) is 0 Å². The molecule has 0 radical (unpaired) electrons. The maximum atomic E-state index is 10.9. The van der Waals surface area contributed by atoms with Crippen molar-refractivity contribution >= 4 is 23.3 Å². The number of esters is 1. The summed E-state index contributed by atoms with van der Waals surface area (Å²) in [6, 6.07) is -0.456. The number of ether oxygens (including phenoxy) is 1. The summed E-state index contributed by atoms with van der Waals surface area (Å²) >= 11 is 4.39. The van der Waals surface area contributed by atoms with E-state index < -0.39 is 6.04 Å². The van der Waals surface area contributed by atoms with Crippen molar-refractivity contribution in [2.45, 2.75) is 25.8 Å². The summed E-state index contributed by atoms with van der Waals surface area (Å²) in [6.07, 6.45) is 1.54. The Hall–Kier alpha value is -0.730. The highest BCUT2D eigenvalue weighted by Crippen LogP contribution is 2.02. The molecule has 62 valence electrons. The van der Waals surface area contributed by atoms with Gasteiger partial charge in [-0.15, -0.1) is 0 Å². The molecule has 0 aromatic heterocycles. The highest BCUT2D eigenvalue weighted by atomic mass is 32.1. The number of isothiocyanates is 1. The first-order valence-corrected chi connectivity index (χ1v) is 3.81. The van der Waals surface area contributed by atoms with Gasteiger partial charge in [-0.05, 0) is 18.6 Å². The second kappa shape index (κ2) is 6.01. The van der Waals surface area contributed by atoms with Crippen LogP contribution in [0.5, 0.6) is 0 Å². The Morgan fingerprint density at radius 1 is 1.82 bits per heavy atom.